The monoisotopic (exact) mass is 316 g/mol. The highest BCUT2D eigenvalue weighted by molar-refractivity contribution is 7.99. The summed E-state index contributed by atoms with van der Waals surface area (Å²) in [6.45, 7) is 2.04. The molecule has 0 saturated carbocycles. The van der Waals surface area contributed by atoms with Crippen LogP contribution in [-0.4, -0.2) is 22.7 Å². The Bertz CT molecular complexity index is 689. The molecule has 0 aromatic heterocycles. The van der Waals surface area contributed by atoms with Crippen LogP contribution >= 0.6 is 11.8 Å². The topological polar surface area (TPSA) is 78.4 Å². The van der Waals surface area contributed by atoms with Crippen molar-refractivity contribution in [2.75, 3.05) is 16.4 Å². The van der Waals surface area contributed by atoms with Gasteiger partial charge in [-0.05, 0) is 36.1 Å². The lowest BCUT2D eigenvalue weighted by atomic mass is 10.3. The van der Waals surface area contributed by atoms with Gasteiger partial charge in [0.1, 0.15) is 5.75 Å². The molecular weight excluding hydrogens is 300 g/mol. The fourth-order valence-corrected chi connectivity index (χ4v) is 2.50. The third-order valence-electron chi connectivity index (χ3n) is 2.76. The number of hydrogen-bond donors (Lipinski definition) is 3. The Hall–Kier alpha value is -2.47. The maximum atomic E-state index is 11.9. The number of phenolic OH excluding ortho intramolecular Hbond substituents is 1. The van der Waals surface area contributed by atoms with Crippen LogP contribution < -0.4 is 10.6 Å². The summed E-state index contributed by atoms with van der Waals surface area (Å²) >= 11 is 1.64. The van der Waals surface area contributed by atoms with E-state index in [2.05, 4.69) is 10.6 Å². The highest BCUT2D eigenvalue weighted by Gasteiger charge is 2.15. The van der Waals surface area contributed by atoms with Gasteiger partial charge < -0.3 is 15.7 Å². The molecule has 2 amide bonds. The Balaban J connectivity index is 2.01. The fourth-order valence-electron chi connectivity index (χ4n) is 1.78. The fraction of sp³-hybridized carbons (Fsp3) is 0.125. The first kappa shape index (κ1) is 15.9. The average Bonchev–Trinajstić information content (AvgIpc) is 2.50. The second-order valence-corrected chi connectivity index (χ2v) is 5.72. The van der Waals surface area contributed by atoms with Crippen molar-refractivity contribution < 1.29 is 14.7 Å². The summed E-state index contributed by atoms with van der Waals surface area (Å²) < 4.78 is 0. The Morgan fingerprint density at radius 2 is 1.77 bits per heavy atom. The zero-order chi connectivity index (χ0) is 15.9. The molecule has 0 atom stereocenters. The molecule has 0 bridgehead atoms. The molecule has 0 spiro atoms. The van der Waals surface area contributed by atoms with Crippen LogP contribution in [0.5, 0.6) is 5.75 Å². The predicted molar refractivity (Wildman–Crippen MR) is 88.2 cm³/mol. The molecule has 0 aliphatic carbocycles. The van der Waals surface area contributed by atoms with E-state index in [-0.39, 0.29) is 11.4 Å². The van der Waals surface area contributed by atoms with E-state index in [1.165, 1.54) is 12.1 Å². The molecule has 0 aliphatic heterocycles. The van der Waals surface area contributed by atoms with Crippen LogP contribution in [0.25, 0.3) is 0 Å². The predicted octanol–water partition coefficient (Wildman–Crippen LogP) is 3.08. The number of rotatable bonds is 4. The minimum absolute atomic E-state index is 0.0926. The average molecular weight is 316 g/mol. The number of amides is 2. The molecule has 0 radical (unpaired) electrons. The Kier molecular flexibility index (Phi) is 5.43. The minimum Gasteiger partial charge on any atom is -0.506 e. The Morgan fingerprint density at radius 3 is 2.50 bits per heavy atom. The first-order valence-electron chi connectivity index (χ1n) is 6.73. The van der Waals surface area contributed by atoms with Gasteiger partial charge in [-0.3, -0.25) is 9.59 Å². The molecule has 2 rings (SSSR count). The summed E-state index contributed by atoms with van der Waals surface area (Å²) in [6, 6.07) is 13.5. The van der Waals surface area contributed by atoms with Crippen LogP contribution in [0, 0.1) is 0 Å². The molecule has 0 saturated heterocycles. The van der Waals surface area contributed by atoms with Gasteiger partial charge in [0.25, 0.3) is 0 Å². The third-order valence-corrected chi connectivity index (χ3v) is 3.64. The number of aromatic hydroxyl groups is 1. The SMILES string of the molecule is CCSc1cccc(NC(=O)C(=O)Nc2ccccc2O)c1. The van der Waals surface area contributed by atoms with Crippen LogP contribution in [-0.2, 0) is 9.59 Å². The van der Waals surface area contributed by atoms with Gasteiger partial charge in [0.05, 0.1) is 5.69 Å². The number of para-hydroxylation sites is 2. The van der Waals surface area contributed by atoms with E-state index in [0.29, 0.717) is 5.69 Å². The van der Waals surface area contributed by atoms with Crippen molar-refractivity contribution in [1.29, 1.82) is 0 Å². The number of carbonyl (C=O) groups excluding carboxylic acids is 2. The van der Waals surface area contributed by atoms with Crippen molar-refractivity contribution in [3.05, 3.63) is 48.5 Å². The smallest absolute Gasteiger partial charge is 0.314 e. The third kappa shape index (κ3) is 4.26. The standard InChI is InChI=1S/C16H16N2O3S/c1-2-22-12-7-5-6-11(10-12)17-15(20)16(21)18-13-8-3-4-9-14(13)19/h3-10,19H,2H2,1H3,(H,17,20)(H,18,21). The number of thioether (sulfide) groups is 1. The number of carbonyl (C=O) groups is 2. The molecule has 0 heterocycles. The molecular formula is C16H16N2O3S. The van der Waals surface area contributed by atoms with E-state index in [1.807, 2.05) is 19.1 Å². The van der Waals surface area contributed by atoms with Crippen molar-refractivity contribution in [3.8, 4) is 5.75 Å². The highest BCUT2D eigenvalue weighted by atomic mass is 32.2. The van der Waals surface area contributed by atoms with Crippen molar-refractivity contribution in [3.63, 3.8) is 0 Å². The quantitative estimate of drug-likeness (QED) is 0.460. The molecule has 22 heavy (non-hydrogen) atoms. The molecule has 5 nitrogen and oxygen atoms in total. The van der Waals surface area contributed by atoms with Gasteiger partial charge in [-0.2, -0.15) is 0 Å². The highest BCUT2D eigenvalue weighted by Crippen LogP contribution is 2.22. The van der Waals surface area contributed by atoms with Gasteiger partial charge in [0.2, 0.25) is 0 Å². The number of benzene rings is 2. The lowest BCUT2D eigenvalue weighted by molar-refractivity contribution is -0.133. The molecule has 3 N–H and O–H groups in total. The maximum Gasteiger partial charge on any atom is 0.314 e. The van der Waals surface area contributed by atoms with Gasteiger partial charge in [0, 0.05) is 10.6 Å². The first-order valence-corrected chi connectivity index (χ1v) is 7.72. The number of anilines is 2. The molecule has 0 aliphatic rings. The molecule has 6 heteroatoms. The number of hydrogen-bond acceptors (Lipinski definition) is 4. The summed E-state index contributed by atoms with van der Waals surface area (Å²) in [5, 5.41) is 14.5. The summed E-state index contributed by atoms with van der Waals surface area (Å²) in [5.41, 5.74) is 0.744. The normalized spacial score (nSPS) is 10.0. The van der Waals surface area contributed by atoms with Crippen LogP contribution in [0.4, 0.5) is 11.4 Å². The van der Waals surface area contributed by atoms with Gasteiger partial charge >= 0.3 is 11.8 Å². The van der Waals surface area contributed by atoms with Crippen molar-refractivity contribution in [2.45, 2.75) is 11.8 Å². The van der Waals surface area contributed by atoms with E-state index in [1.54, 1.807) is 36.0 Å². The minimum atomic E-state index is -0.838. The van der Waals surface area contributed by atoms with Crippen molar-refractivity contribution in [1.82, 2.24) is 0 Å². The summed E-state index contributed by atoms with van der Waals surface area (Å²) in [5.74, 6) is -0.799. The Morgan fingerprint density at radius 1 is 1.05 bits per heavy atom. The molecule has 2 aromatic rings. The lowest BCUT2D eigenvalue weighted by Gasteiger charge is -2.08. The van der Waals surface area contributed by atoms with Gasteiger partial charge in [0.15, 0.2) is 0 Å². The van der Waals surface area contributed by atoms with Gasteiger partial charge in [-0.1, -0.05) is 25.1 Å². The number of phenols is 1. The van der Waals surface area contributed by atoms with E-state index in [4.69, 9.17) is 0 Å². The van der Waals surface area contributed by atoms with E-state index in [0.717, 1.165) is 10.6 Å². The van der Waals surface area contributed by atoms with Crippen LogP contribution in [0.15, 0.2) is 53.4 Å². The number of nitrogens with one attached hydrogen (secondary N) is 2. The summed E-state index contributed by atoms with van der Waals surface area (Å²) in [4.78, 5) is 24.7. The van der Waals surface area contributed by atoms with Gasteiger partial charge in [-0.25, -0.2) is 0 Å². The van der Waals surface area contributed by atoms with E-state index < -0.39 is 11.8 Å². The largest absolute Gasteiger partial charge is 0.506 e. The summed E-state index contributed by atoms with van der Waals surface area (Å²) in [6.07, 6.45) is 0. The molecule has 0 unspecified atom stereocenters. The van der Waals surface area contributed by atoms with Crippen molar-refractivity contribution in [2.24, 2.45) is 0 Å². The van der Waals surface area contributed by atoms with E-state index in [9.17, 15) is 14.7 Å². The zero-order valence-corrected chi connectivity index (χ0v) is 12.8. The van der Waals surface area contributed by atoms with Crippen LogP contribution in [0.2, 0.25) is 0 Å². The van der Waals surface area contributed by atoms with Gasteiger partial charge in [-0.15, -0.1) is 11.8 Å². The Labute approximate surface area is 132 Å². The van der Waals surface area contributed by atoms with Crippen molar-refractivity contribution >= 4 is 35.0 Å². The maximum absolute atomic E-state index is 11.9. The first-order chi connectivity index (χ1) is 10.6. The zero-order valence-electron chi connectivity index (χ0n) is 12.0. The second kappa shape index (κ2) is 7.51. The summed E-state index contributed by atoms with van der Waals surface area (Å²) in [7, 11) is 0. The molecule has 114 valence electrons. The van der Waals surface area contributed by atoms with Crippen LogP contribution in [0.3, 0.4) is 0 Å². The van der Waals surface area contributed by atoms with Crippen LogP contribution in [0.1, 0.15) is 6.92 Å². The second-order valence-electron chi connectivity index (χ2n) is 4.39. The van der Waals surface area contributed by atoms with E-state index >= 15 is 0 Å². The molecule has 0 fully saturated rings. The molecule has 2 aromatic carbocycles. The lowest BCUT2D eigenvalue weighted by Crippen LogP contribution is -2.29.